The predicted octanol–water partition coefficient (Wildman–Crippen LogP) is 5.65. The second kappa shape index (κ2) is 11.8. The highest BCUT2D eigenvalue weighted by atomic mass is 35.5. The van der Waals surface area contributed by atoms with Crippen LogP contribution in [0.2, 0.25) is 35.9 Å². The van der Waals surface area contributed by atoms with Crippen LogP contribution in [0, 0.1) is 0 Å². The largest absolute Gasteiger partial charge is 0.496 e. The summed E-state index contributed by atoms with van der Waals surface area (Å²) in [6.07, 6.45) is 1.24. The van der Waals surface area contributed by atoms with Crippen LogP contribution in [0.1, 0.15) is 5.56 Å². The number of anilines is 2. The molecule has 1 heterocycles. The fraction of sp³-hybridized carbons (Fsp3) is 0.476. The van der Waals surface area contributed by atoms with E-state index in [1.54, 1.807) is 0 Å². The topological polar surface area (TPSA) is 77.0 Å². The van der Waals surface area contributed by atoms with E-state index in [0.29, 0.717) is 6.61 Å². The number of rotatable bonds is 10. The summed E-state index contributed by atoms with van der Waals surface area (Å²) in [7, 11) is 2.96. The lowest BCUT2D eigenvalue weighted by Crippen LogP contribution is -2.44. The molecule has 0 aliphatic rings. The Balaban J connectivity index is 2.54. The number of urea groups is 1. The van der Waals surface area contributed by atoms with E-state index in [1.807, 2.05) is 0 Å². The fourth-order valence-corrected chi connectivity index (χ4v) is 4.16. The minimum atomic E-state index is -1.37. The first-order valence-corrected chi connectivity index (χ1v) is 14.6. The molecule has 0 radical (unpaired) electrons. The zero-order valence-electron chi connectivity index (χ0n) is 19.6. The van der Waals surface area contributed by atoms with Gasteiger partial charge in [-0.3, -0.25) is 9.80 Å². The van der Waals surface area contributed by atoms with E-state index in [9.17, 15) is 9.18 Å². The van der Waals surface area contributed by atoms with Gasteiger partial charge in [-0.05, 0) is 6.04 Å². The normalized spacial score (nSPS) is 11.3. The molecule has 0 atom stereocenters. The summed E-state index contributed by atoms with van der Waals surface area (Å²) in [5.74, 6) is 0.676. The first-order valence-electron chi connectivity index (χ1n) is 10.1. The van der Waals surface area contributed by atoms with Gasteiger partial charge in [0.25, 0.3) is 0 Å². The van der Waals surface area contributed by atoms with Crippen molar-refractivity contribution in [2.24, 2.45) is 0 Å². The number of carbonyl (C=O) groups is 1. The molecule has 33 heavy (non-hydrogen) atoms. The second-order valence-corrected chi connectivity index (χ2v) is 14.8. The van der Waals surface area contributed by atoms with E-state index in [0.717, 1.165) is 6.04 Å². The monoisotopic (exact) mass is 518 g/mol. The number of carbonyl (C=O) groups excluding carboxylic acids is 1. The van der Waals surface area contributed by atoms with Gasteiger partial charge in [-0.2, -0.15) is 0 Å². The molecule has 12 heteroatoms. The Morgan fingerprint density at radius 3 is 2.33 bits per heavy atom. The van der Waals surface area contributed by atoms with Crippen LogP contribution in [0.4, 0.5) is 20.7 Å². The Kier molecular flexibility index (Phi) is 9.71. The predicted molar refractivity (Wildman–Crippen MR) is 132 cm³/mol. The quantitative estimate of drug-likeness (QED) is 0.175. The van der Waals surface area contributed by atoms with Gasteiger partial charge in [0, 0.05) is 33.9 Å². The minimum absolute atomic E-state index is 0.0576. The Morgan fingerprint density at radius 1 is 1.12 bits per heavy atom. The molecule has 0 aliphatic carbocycles. The highest BCUT2D eigenvalue weighted by Gasteiger charge is 2.30. The van der Waals surface area contributed by atoms with Gasteiger partial charge >= 0.3 is 6.03 Å². The van der Waals surface area contributed by atoms with Crippen molar-refractivity contribution < 1.29 is 23.4 Å². The zero-order chi connectivity index (χ0) is 24.8. The van der Waals surface area contributed by atoms with Crippen molar-refractivity contribution in [3.8, 4) is 11.5 Å². The molecule has 0 fully saturated rings. The third-order valence-corrected chi connectivity index (χ3v) is 7.09. The number of benzene rings is 1. The molecule has 0 unspecified atom stereocenters. The molecule has 2 rings (SSSR count). The van der Waals surface area contributed by atoms with Gasteiger partial charge < -0.3 is 14.2 Å². The van der Waals surface area contributed by atoms with Crippen LogP contribution in [-0.2, 0) is 11.4 Å². The molecule has 0 N–H and O–H groups in total. The van der Waals surface area contributed by atoms with Crippen molar-refractivity contribution >= 4 is 48.8 Å². The van der Waals surface area contributed by atoms with E-state index in [4.69, 9.17) is 37.4 Å². The van der Waals surface area contributed by atoms with Crippen molar-refractivity contribution in [2.75, 3.05) is 44.4 Å². The van der Waals surface area contributed by atoms with Crippen molar-refractivity contribution in [1.29, 1.82) is 0 Å². The number of aromatic nitrogens is 2. The molecule has 182 valence electrons. The Labute approximate surface area is 204 Å². The van der Waals surface area contributed by atoms with Crippen molar-refractivity contribution in [1.82, 2.24) is 9.97 Å². The molecule has 1 aromatic heterocycles. The molecule has 1 aromatic carbocycles. The molecule has 2 aromatic rings. The average Bonchev–Trinajstić information content (AvgIpc) is 2.77. The number of hydrogen-bond acceptors (Lipinski definition) is 6. The van der Waals surface area contributed by atoms with Crippen LogP contribution < -0.4 is 19.3 Å². The second-order valence-electron chi connectivity index (χ2n) is 8.37. The van der Waals surface area contributed by atoms with Gasteiger partial charge in [-0.25, -0.2) is 19.2 Å². The molecule has 8 nitrogen and oxygen atoms in total. The summed E-state index contributed by atoms with van der Waals surface area (Å²) >= 11 is 12.5. The number of nitrogens with zero attached hydrogens (tertiary/aromatic N) is 4. The third-order valence-electron chi connectivity index (χ3n) is 4.81. The summed E-state index contributed by atoms with van der Waals surface area (Å²) in [6, 6.07) is 3.23. The Hall–Kier alpha value is -2.14. The molecule has 0 saturated carbocycles. The molecule has 0 bridgehead atoms. The number of alkyl halides is 1. The maximum Gasteiger partial charge on any atom is 0.331 e. The van der Waals surface area contributed by atoms with Crippen LogP contribution in [0.3, 0.4) is 0 Å². The standard InChI is InChI=1S/C21H29Cl2FN4O4Si/c1-27(18-10-17(22)25-12-26-18)21(29)28(13-32-7-8-33(4,5)6)20-14(11-24)15(30-2)9-16(31-3)19(20)23/h9-10,12H,7-8,11,13H2,1-6H3. The molecule has 0 spiro atoms. The van der Waals surface area contributed by atoms with Gasteiger partial charge in [-0.1, -0.05) is 42.8 Å². The number of amides is 2. The van der Waals surface area contributed by atoms with E-state index >= 15 is 0 Å². The lowest BCUT2D eigenvalue weighted by Gasteiger charge is -2.31. The smallest absolute Gasteiger partial charge is 0.331 e. The highest BCUT2D eigenvalue weighted by Crippen LogP contribution is 2.44. The number of hydrogen-bond donors (Lipinski definition) is 0. The van der Waals surface area contributed by atoms with E-state index in [1.165, 1.54) is 49.5 Å². The van der Waals surface area contributed by atoms with Crippen molar-refractivity contribution in [2.45, 2.75) is 32.4 Å². The van der Waals surface area contributed by atoms with E-state index in [-0.39, 0.29) is 45.5 Å². The molecule has 0 aliphatic heterocycles. The molecule has 2 amide bonds. The van der Waals surface area contributed by atoms with Crippen LogP contribution >= 0.6 is 23.2 Å². The summed E-state index contributed by atoms with van der Waals surface area (Å²) in [5.41, 5.74) is 0.194. The van der Waals surface area contributed by atoms with E-state index in [2.05, 4.69) is 29.6 Å². The van der Waals surface area contributed by atoms with Gasteiger partial charge in [0.05, 0.1) is 25.5 Å². The van der Waals surface area contributed by atoms with Crippen LogP contribution in [-0.4, -0.2) is 58.7 Å². The van der Waals surface area contributed by atoms with Gasteiger partial charge in [0.1, 0.15) is 47.2 Å². The van der Waals surface area contributed by atoms with Crippen LogP contribution in [0.5, 0.6) is 11.5 Å². The first-order chi connectivity index (χ1) is 15.5. The molecule has 0 saturated heterocycles. The number of halogens is 3. The van der Waals surface area contributed by atoms with Gasteiger partial charge in [0.2, 0.25) is 0 Å². The number of methoxy groups -OCH3 is 2. The van der Waals surface area contributed by atoms with Crippen molar-refractivity contribution in [3.05, 3.63) is 34.2 Å². The third kappa shape index (κ3) is 6.92. The van der Waals surface area contributed by atoms with Gasteiger partial charge in [0.15, 0.2) is 0 Å². The lowest BCUT2D eigenvalue weighted by atomic mass is 10.1. The summed E-state index contributed by atoms with van der Waals surface area (Å²) in [5, 5.41) is 0.227. The lowest BCUT2D eigenvalue weighted by molar-refractivity contribution is 0.148. The maximum absolute atomic E-state index is 14.2. The molecular formula is C21H29Cl2FN4O4Si. The Morgan fingerprint density at radius 2 is 1.79 bits per heavy atom. The fourth-order valence-electron chi connectivity index (χ4n) is 2.91. The first kappa shape index (κ1) is 27.1. The average molecular weight is 519 g/mol. The maximum atomic E-state index is 14.2. The Bertz CT molecular complexity index is 978. The summed E-state index contributed by atoms with van der Waals surface area (Å²) in [6.45, 7) is 6.00. The summed E-state index contributed by atoms with van der Waals surface area (Å²) < 4.78 is 30.7. The van der Waals surface area contributed by atoms with Crippen LogP contribution in [0.15, 0.2) is 18.5 Å². The highest BCUT2D eigenvalue weighted by molar-refractivity contribution is 6.76. The molecular weight excluding hydrogens is 490 g/mol. The van der Waals surface area contributed by atoms with Gasteiger partial charge in [-0.15, -0.1) is 0 Å². The van der Waals surface area contributed by atoms with Crippen LogP contribution in [0.25, 0.3) is 0 Å². The summed E-state index contributed by atoms with van der Waals surface area (Å²) in [4.78, 5) is 24.0. The minimum Gasteiger partial charge on any atom is -0.496 e. The zero-order valence-corrected chi connectivity index (χ0v) is 22.1. The van der Waals surface area contributed by atoms with E-state index < -0.39 is 20.8 Å². The number of ether oxygens (including phenoxy) is 3. The van der Waals surface area contributed by atoms with Crippen molar-refractivity contribution in [3.63, 3.8) is 0 Å². The SMILES string of the molecule is COc1cc(OC)c(CF)c(N(COCC[Si](C)(C)C)C(=O)N(C)c2cc(Cl)ncn2)c1Cl.